The predicted molar refractivity (Wildman–Crippen MR) is 71.8 cm³/mol. The van der Waals surface area contributed by atoms with E-state index in [9.17, 15) is 4.79 Å². The van der Waals surface area contributed by atoms with Gasteiger partial charge in [-0.1, -0.05) is 45.4 Å². The standard InChI is InChI=1S/C14H28N2O/c1-2-3-4-6-9-13(17)16-14(12-15)10-7-5-8-11-14/h2-12,15H2,1H3,(H,16,17). The highest BCUT2D eigenvalue weighted by Crippen LogP contribution is 2.27. The molecule has 1 saturated carbocycles. The van der Waals surface area contributed by atoms with Crippen LogP contribution in [0, 0.1) is 0 Å². The van der Waals surface area contributed by atoms with Crippen LogP contribution < -0.4 is 11.1 Å². The monoisotopic (exact) mass is 240 g/mol. The number of amides is 1. The number of nitrogens with two attached hydrogens (primary N) is 1. The van der Waals surface area contributed by atoms with Crippen molar-refractivity contribution in [3.8, 4) is 0 Å². The average molecular weight is 240 g/mol. The maximum atomic E-state index is 11.9. The summed E-state index contributed by atoms with van der Waals surface area (Å²) in [7, 11) is 0. The maximum absolute atomic E-state index is 11.9. The minimum absolute atomic E-state index is 0.0832. The van der Waals surface area contributed by atoms with Gasteiger partial charge in [-0.3, -0.25) is 4.79 Å². The third kappa shape index (κ3) is 5.07. The molecule has 17 heavy (non-hydrogen) atoms. The van der Waals surface area contributed by atoms with Gasteiger partial charge in [0.15, 0.2) is 0 Å². The normalized spacial score (nSPS) is 18.9. The van der Waals surface area contributed by atoms with Gasteiger partial charge in [-0.25, -0.2) is 0 Å². The first-order valence-corrected chi connectivity index (χ1v) is 7.23. The van der Waals surface area contributed by atoms with E-state index in [0.29, 0.717) is 13.0 Å². The highest BCUT2D eigenvalue weighted by molar-refractivity contribution is 5.76. The number of carbonyl (C=O) groups is 1. The van der Waals surface area contributed by atoms with Gasteiger partial charge in [0.25, 0.3) is 0 Å². The summed E-state index contributed by atoms with van der Waals surface area (Å²) >= 11 is 0. The molecule has 0 bridgehead atoms. The van der Waals surface area contributed by atoms with Crippen molar-refractivity contribution >= 4 is 5.91 Å². The lowest BCUT2D eigenvalue weighted by molar-refractivity contribution is -0.123. The van der Waals surface area contributed by atoms with Gasteiger partial charge in [0.05, 0.1) is 5.54 Å². The molecule has 1 amide bonds. The fourth-order valence-electron chi connectivity index (χ4n) is 2.68. The minimum atomic E-state index is -0.0832. The zero-order valence-corrected chi connectivity index (χ0v) is 11.3. The Balaban J connectivity index is 2.27. The first kappa shape index (κ1) is 14.5. The van der Waals surface area contributed by atoms with E-state index in [1.807, 2.05) is 0 Å². The molecule has 0 aromatic rings. The van der Waals surface area contributed by atoms with E-state index in [1.165, 1.54) is 38.5 Å². The van der Waals surface area contributed by atoms with E-state index >= 15 is 0 Å². The Morgan fingerprint density at radius 1 is 1.18 bits per heavy atom. The van der Waals surface area contributed by atoms with Crippen molar-refractivity contribution in [2.24, 2.45) is 5.73 Å². The summed E-state index contributed by atoms with van der Waals surface area (Å²) in [6.45, 7) is 2.78. The fraction of sp³-hybridized carbons (Fsp3) is 0.929. The summed E-state index contributed by atoms with van der Waals surface area (Å²) in [4.78, 5) is 11.9. The Hall–Kier alpha value is -0.570. The van der Waals surface area contributed by atoms with Crippen LogP contribution in [0.2, 0.25) is 0 Å². The minimum Gasteiger partial charge on any atom is -0.349 e. The molecule has 0 radical (unpaired) electrons. The summed E-state index contributed by atoms with van der Waals surface area (Å²) in [5.74, 6) is 0.202. The number of carbonyl (C=O) groups excluding carboxylic acids is 1. The molecular weight excluding hydrogens is 212 g/mol. The molecule has 0 heterocycles. The summed E-state index contributed by atoms with van der Waals surface area (Å²) in [5, 5.41) is 3.20. The van der Waals surface area contributed by atoms with Crippen molar-refractivity contribution in [3.63, 3.8) is 0 Å². The summed E-state index contributed by atoms with van der Waals surface area (Å²) < 4.78 is 0. The van der Waals surface area contributed by atoms with Crippen LogP contribution in [0.1, 0.15) is 71.1 Å². The Labute approximate surface area is 106 Å². The smallest absolute Gasteiger partial charge is 0.220 e. The molecule has 1 rings (SSSR count). The van der Waals surface area contributed by atoms with Crippen molar-refractivity contribution in [2.45, 2.75) is 76.7 Å². The molecular formula is C14H28N2O. The number of hydrogen-bond donors (Lipinski definition) is 2. The second kappa shape index (κ2) is 7.70. The molecule has 1 aliphatic rings. The Morgan fingerprint density at radius 3 is 2.47 bits per heavy atom. The van der Waals surface area contributed by atoms with Gasteiger partial charge in [0.2, 0.25) is 5.91 Å². The zero-order valence-electron chi connectivity index (χ0n) is 11.3. The van der Waals surface area contributed by atoms with Crippen molar-refractivity contribution in [3.05, 3.63) is 0 Å². The van der Waals surface area contributed by atoms with Crippen molar-refractivity contribution in [1.29, 1.82) is 0 Å². The van der Waals surface area contributed by atoms with E-state index in [-0.39, 0.29) is 11.4 Å². The lowest BCUT2D eigenvalue weighted by Gasteiger charge is -2.37. The second-order valence-electron chi connectivity index (χ2n) is 5.40. The third-order valence-electron chi connectivity index (χ3n) is 3.86. The predicted octanol–water partition coefficient (Wildman–Crippen LogP) is 2.73. The van der Waals surface area contributed by atoms with E-state index in [1.54, 1.807) is 0 Å². The van der Waals surface area contributed by atoms with Crippen LogP contribution in [-0.4, -0.2) is 18.0 Å². The lowest BCUT2D eigenvalue weighted by atomic mass is 9.81. The van der Waals surface area contributed by atoms with Gasteiger partial charge in [0.1, 0.15) is 0 Å². The number of nitrogens with one attached hydrogen (secondary N) is 1. The SMILES string of the molecule is CCCCCCC(=O)NC1(CN)CCCCC1. The second-order valence-corrected chi connectivity index (χ2v) is 5.40. The molecule has 0 unspecified atom stereocenters. The highest BCUT2D eigenvalue weighted by atomic mass is 16.1. The van der Waals surface area contributed by atoms with Crippen molar-refractivity contribution in [2.75, 3.05) is 6.54 Å². The first-order valence-electron chi connectivity index (χ1n) is 7.23. The molecule has 1 aliphatic carbocycles. The quantitative estimate of drug-likeness (QED) is 0.672. The molecule has 0 aromatic heterocycles. The third-order valence-corrected chi connectivity index (χ3v) is 3.86. The van der Waals surface area contributed by atoms with E-state index in [4.69, 9.17) is 5.73 Å². The molecule has 0 saturated heterocycles. The van der Waals surface area contributed by atoms with Crippen LogP contribution >= 0.6 is 0 Å². The molecule has 0 aromatic carbocycles. The number of unbranched alkanes of at least 4 members (excludes halogenated alkanes) is 3. The largest absolute Gasteiger partial charge is 0.349 e. The molecule has 100 valence electrons. The molecule has 1 fully saturated rings. The maximum Gasteiger partial charge on any atom is 0.220 e. The van der Waals surface area contributed by atoms with Crippen LogP contribution in [0.4, 0.5) is 0 Å². The molecule has 3 nitrogen and oxygen atoms in total. The summed E-state index contributed by atoms with van der Waals surface area (Å²) in [5.41, 5.74) is 5.76. The van der Waals surface area contributed by atoms with Crippen LogP contribution in [0.3, 0.4) is 0 Å². The van der Waals surface area contributed by atoms with Gasteiger partial charge < -0.3 is 11.1 Å². The zero-order chi connectivity index (χ0) is 12.6. The first-order chi connectivity index (χ1) is 8.22. The van der Waals surface area contributed by atoms with Crippen molar-refractivity contribution < 1.29 is 4.79 Å². The molecule has 0 aliphatic heterocycles. The fourth-order valence-corrected chi connectivity index (χ4v) is 2.68. The van der Waals surface area contributed by atoms with Crippen LogP contribution in [0.5, 0.6) is 0 Å². The van der Waals surface area contributed by atoms with Gasteiger partial charge in [-0.15, -0.1) is 0 Å². The van der Waals surface area contributed by atoms with E-state index in [0.717, 1.165) is 19.3 Å². The van der Waals surface area contributed by atoms with Gasteiger partial charge in [-0.2, -0.15) is 0 Å². The molecule has 0 atom stereocenters. The van der Waals surface area contributed by atoms with Crippen LogP contribution in [0.25, 0.3) is 0 Å². The molecule has 0 spiro atoms. The Kier molecular flexibility index (Phi) is 6.56. The molecule has 3 N–H and O–H groups in total. The number of rotatable bonds is 7. The van der Waals surface area contributed by atoms with Crippen LogP contribution in [0.15, 0.2) is 0 Å². The Morgan fingerprint density at radius 2 is 1.88 bits per heavy atom. The van der Waals surface area contributed by atoms with Gasteiger partial charge in [-0.05, 0) is 19.3 Å². The highest BCUT2D eigenvalue weighted by Gasteiger charge is 2.31. The van der Waals surface area contributed by atoms with Gasteiger partial charge in [0, 0.05) is 13.0 Å². The molecule has 3 heteroatoms. The van der Waals surface area contributed by atoms with Crippen molar-refractivity contribution in [1.82, 2.24) is 5.32 Å². The number of hydrogen-bond acceptors (Lipinski definition) is 2. The average Bonchev–Trinajstić information content (AvgIpc) is 2.36. The summed E-state index contributed by atoms with van der Waals surface area (Å²) in [6.07, 6.45) is 11.1. The Bertz CT molecular complexity index is 222. The lowest BCUT2D eigenvalue weighted by Crippen LogP contribution is -2.54. The van der Waals surface area contributed by atoms with Crippen LogP contribution in [-0.2, 0) is 4.79 Å². The topological polar surface area (TPSA) is 55.1 Å². The van der Waals surface area contributed by atoms with Gasteiger partial charge >= 0.3 is 0 Å². The van der Waals surface area contributed by atoms with E-state index < -0.39 is 0 Å². The summed E-state index contributed by atoms with van der Waals surface area (Å²) in [6, 6.07) is 0. The van der Waals surface area contributed by atoms with E-state index in [2.05, 4.69) is 12.2 Å².